The maximum Gasteiger partial charge on any atom is 0.343 e. The summed E-state index contributed by atoms with van der Waals surface area (Å²) < 4.78 is 11.4. The molecule has 0 amide bonds. The lowest BCUT2D eigenvalue weighted by Gasteiger charge is -2.18. The highest BCUT2D eigenvalue weighted by Gasteiger charge is 2.20. The first-order valence-corrected chi connectivity index (χ1v) is 12.9. The number of benzene rings is 4. The number of aliphatic carboxylic acids is 1. The average molecular weight is 525 g/mol. The number of carboxylic acids is 1. The van der Waals surface area contributed by atoms with Crippen molar-refractivity contribution in [1.82, 2.24) is 0 Å². The minimum atomic E-state index is -0.986. The Balaban J connectivity index is 1.28. The maximum atomic E-state index is 12.5. The van der Waals surface area contributed by atoms with Crippen LogP contribution in [0, 0.1) is 6.92 Å². The third kappa shape index (κ3) is 8.10. The molecule has 0 spiro atoms. The Bertz CT molecular complexity index is 1370. The Hall–Kier alpha value is -4.78. The first kappa shape index (κ1) is 27.3. The van der Waals surface area contributed by atoms with Crippen molar-refractivity contribution in [3.63, 3.8) is 0 Å². The van der Waals surface area contributed by atoms with E-state index in [1.807, 2.05) is 48.5 Å². The highest BCUT2D eigenvalue weighted by atomic mass is 16.5. The van der Waals surface area contributed by atoms with Crippen LogP contribution in [0.3, 0.4) is 0 Å². The molecule has 0 aliphatic carbocycles. The molecule has 0 aliphatic heterocycles. The number of nitrogens with one attached hydrogen (secondary N) is 2. The molecular weight excluding hydrogens is 492 g/mol. The number of hydrogen-bond acceptors (Lipinski definition) is 6. The van der Waals surface area contributed by atoms with Crippen molar-refractivity contribution in [1.29, 1.82) is 0 Å². The molecule has 0 fully saturated rings. The Labute approximate surface area is 228 Å². The zero-order valence-corrected chi connectivity index (χ0v) is 21.8. The van der Waals surface area contributed by atoms with Gasteiger partial charge in [-0.3, -0.25) is 0 Å². The molecule has 0 saturated carbocycles. The molecule has 0 radical (unpaired) electrons. The lowest BCUT2D eigenvalue weighted by molar-refractivity contribution is -0.138. The Morgan fingerprint density at radius 2 is 1.49 bits per heavy atom. The van der Waals surface area contributed by atoms with E-state index >= 15 is 0 Å². The van der Waals surface area contributed by atoms with E-state index in [0.29, 0.717) is 37.2 Å². The Kier molecular flexibility index (Phi) is 9.56. The molecule has 7 nitrogen and oxygen atoms in total. The molecule has 4 aromatic rings. The zero-order chi connectivity index (χ0) is 27.5. The molecule has 4 aromatic carbocycles. The first-order valence-electron chi connectivity index (χ1n) is 12.9. The second-order valence-electron chi connectivity index (χ2n) is 9.06. The SMILES string of the molecule is Cc1ccccc1NCCOc1ccc(CCC(Nc2ccccc2OC(=O)c2ccccc2)C(=O)O)cc1. The van der Waals surface area contributed by atoms with Gasteiger partial charge >= 0.3 is 11.9 Å². The number of aryl methyl sites for hydroxylation is 2. The number of esters is 1. The fraction of sp³-hybridized carbons (Fsp3) is 0.188. The molecule has 0 saturated heterocycles. The molecule has 4 rings (SSSR count). The Morgan fingerprint density at radius 3 is 2.21 bits per heavy atom. The lowest BCUT2D eigenvalue weighted by Crippen LogP contribution is -2.30. The summed E-state index contributed by atoms with van der Waals surface area (Å²) in [5.41, 5.74) is 4.13. The van der Waals surface area contributed by atoms with E-state index in [9.17, 15) is 14.7 Å². The van der Waals surface area contributed by atoms with Crippen LogP contribution in [0.25, 0.3) is 0 Å². The van der Waals surface area contributed by atoms with Gasteiger partial charge < -0.3 is 25.2 Å². The lowest BCUT2D eigenvalue weighted by atomic mass is 10.0. The number of para-hydroxylation sites is 3. The number of hydrogen-bond donors (Lipinski definition) is 3. The van der Waals surface area contributed by atoms with Crippen molar-refractivity contribution < 1.29 is 24.2 Å². The van der Waals surface area contributed by atoms with Crippen molar-refractivity contribution in [3.05, 3.63) is 120 Å². The van der Waals surface area contributed by atoms with Gasteiger partial charge in [-0.15, -0.1) is 0 Å². The highest BCUT2D eigenvalue weighted by molar-refractivity contribution is 5.92. The van der Waals surface area contributed by atoms with Gasteiger partial charge in [-0.05, 0) is 73.4 Å². The van der Waals surface area contributed by atoms with Crippen LogP contribution < -0.4 is 20.1 Å². The molecule has 39 heavy (non-hydrogen) atoms. The largest absolute Gasteiger partial charge is 0.492 e. The predicted octanol–water partition coefficient (Wildman–Crippen LogP) is 6.20. The molecule has 7 heteroatoms. The second kappa shape index (κ2) is 13.7. The molecule has 0 aliphatic rings. The summed E-state index contributed by atoms with van der Waals surface area (Å²) in [4.78, 5) is 24.5. The standard InChI is InChI=1S/C32H32N2O5/c1-23-9-5-6-12-27(23)33-21-22-38-26-18-15-24(16-19-26)17-20-29(31(35)36)34-28-13-7-8-14-30(28)39-32(37)25-10-3-2-4-11-25/h2-16,18-19,29,33-34H,17,20-22H2,1H3,(H,35,36). The number of carboxylic acid groups (broad SMARTS) is 1. The number of ether oxygens (including phenoxy) is 2. The van der Waals surface area contributed by atoms with Gasteiger partial charge in [0.2, 0.25) is 0 Å². The molecular formula is C32H32N2O5. The van der Waals surface area contributed by atoms with Gasteiger partial charge in [0.25, 0.3) is 0 Å². The normalized spacial score (nSPS) is 11.3. The van der Waals surface area contributed by atoms with Gasteiger partial charge in [0.05, 0.1) is 11.3 Å². The monoisotopic (exact) mass is 524 g/mol. The molecule has 200 valence electrons. The van der Waals surface area contributed by atoms with Crippen LogP contribution in [0.4, 0.5) is 11.4 Å². The van der Waals surface area contributed by atoms with Gasteiger partial charge in [-0.2, -0.15) is 0 Å². The van der Waals surface area contributed by atoms with E-state index in [0.717, 1.165) is 17.0 Å². The highest BCUT2D eigenvalue weighted by Crippen LogP contribution is 2.26. The summed E-state index contributed by atoms with van der Waals surface area (Å²) in [6.07, 6.45) is 0.891. The van der Waals surface area contributed by atoms with E-state index in [2.05, 4.69) is 23.6 Å². The van der Waals surface area contributed by atoms with Crippen molar-refractivity contribution in [2.45, 2.75) is 25.8 Å². The summed E-state index contributed by atoms with van der Waals surface area (Å²) in [5, 5.41) is 16.2. The van der Waals surface area contributed by atoms with Crippen molar-refractivity contribution in [2.75, 3.05) is 23.8 Å². The van der Waals surface area contributed by atoms with Crippen LogP contribution in [0.5, 0.6) is 11.5 Å². The smallest absolute Gasteiger partial charge is 0.343 e. The Morgan fingerprint density at radius 1 is 0.821 bits per heavy atom. The summed E-state index contributed by atoms with van der Waals surface area (Å²) in [7, 11) is 0. The zero-order valence-electron chi connectivity index (χ0n) is 21.8. The van der Waals surface area contributed by atoms with Crippen LogP contribution in [-0.4, -0.2) is 36.2 Å². The summed E-state index contributed by atoms with van der Waals surface area (Å²) in [5.74, 6) is -0.464. The van der Waals surface area contributed by atoms with E-state index in [1.54, 1.807) is 48.5 Å². The average Bonchev–Trinajstić information content (AvgIpc) is 2.96. The molecule has 1 atom stereocenters. The fourth-order valence-electron chi connectivity index (χ4n) is 4.04. The summed E-state index contributed by atoms with van der Waals surface area (Å²) in [6.45, 7) is 3.26. The van der Waals surface area contributed by atoms with Crippen molar-refractivity contribution in [3.8, 4) is 11.5 Å². The molecule has 1 unspecified atom stereocenters. The van der Waals surface area contributed by atoms with E-state index in [1.165, 1.54) is 5.56 Å². The molecule has 0 heterocycles. The molecule has 0 bridgehead atoms. The minimum absolute atomic E-state index is 0.274. The number of rotatable bonds is 13. The van der Waals surface area contributed by atoms with Gasteiger partial charge in [-0.1, -0.05) is 60.7 Å². The number of carbonyl (C=O) groups excluding carboxylic acids is 1. The summed E-state index contributed by atoms with van der Waals surface area (Å²) in [6, 6.07) is 30.4. The quantitative estimate of drug-likeness (QED) is 0.109. The third-order valence-electron chi connectivity index (χ3n) is 6.20. The number of anilines is 2. The molecule has 0 aromatic heterocycles. The van der Waals surface area contributed by atoms with Crippen molar-refractivity contribution in [2.24, 2.45) is 0 Å². The fourth-order valence-corrected chi connectivity index (χ4v) is 4.04. The first-order chi connectivity index (χ1) is 19.0. The minimum Gasteiger partial charge on any atom is -0.492 e. The van der Waals surface area contributed by atoms with Crippen LogP contribution in [-0.2, 0) is 11.2 Å². The number of carbonyl (C=O) groups is 2. The van der Waals surface area contributed by atoms with Crippen LogP contribution in [0.15, 0.2) is 103 Å². The maximum absolute atomic E-state index is 12.5. The third-order valence-corrected chi connectivity index (χ3v) is 6.20. The van der Waals surface area contributed by atoms with Gasteiger partial charge in [0, 0.05) is 12.2 Å². The van der Waals surface area contributed by atoms with E-state index < -0.39 is 18.0 Å². The van der Waals surface area contributed by atoms with Gasteiger partial charge in [0.15, 0.2) is 5.75 Å². The van der Waals surface area contributed by atoms with E-state index in [-0.39, 0.29) is 5.75 Å². The van der Waals surface area contributed by atoms with Crippen molar-refractivity contribution >= 4 is 23.3 Å². The van der Waals surface area contributed by atoms with Crippen LogP contribution >= 0.6 is 0 Å². The second-order valence-corrected chi connectivity index (χ2v) is 9.06. The predicted molar refractivity (Wildman–Crippen MR) is 153 cm³/mol. The molecule has 3 N–H and O–H groups in total. The van der Waals surface area contributed by atoms with Gasteiger partial charge in [-0.25, -0.2) is 9.59 Å². The summed E-state index contributed by atoms with van der Waals surface area (Å²) >= 11 is 0. The van der Waals surface area contributed by atoms with Crippen LogP contribution in [0.1, 0.15) is 27.9 Å². The van der Waals surface area contributed by atoms with Crippen LogP contribution in [0.2, 0.25) is 0 Å². The van der Waals surface area contributed by atoms with E-state index in [4.69, 9.17) is 9.47 Å². The topological polar surface area (TPSA) is 96.9 Å². The van der Waals surface area contributed by atoms with Gasteiger partial charge in [0.1, 0.15) is 18.4 Å².